The van der Waals surface area contributed by atoms with E-state index in [1.807, 2.05) is 30.3 Å². The van der Waals surface area contributed by atoms with Gasteiger partial charge in [0.25, 0.3) is 0 Å². The molecule has 6 heteroatoms. The monoisotopic (exact) mass is 319 g/mol. The molecule has 4 nitrogen and oxygen atoms in total. The van der Waals surface area contributed by atoms with Crippen LogP contribution in [0.5, 0.6) is 0 Å². The SMILES string of the molecule is CC(=O)N1CCc2cc(Cl)c(SNc3ccccn3)cc21. The van der Waals surface area contributed by atoms with Gasteiger partial charge in [0.1, 0.15) is 5.82 Å². The van der Waals surface area contributed by atoms with E-state index in [2.05, 4.69) is 9.71 Å². The molecule has 0 unspecified atom stereocenters. The van der Waals surface area contributed by atoms with Gasteiger partial charge in [0.2, 0.25) is 5.91 Å². The Bertz CT molecular complexity index is 678. The highest BCUT2D eigenvalue weighted by Gasteiger charge is 2.23. The molecule has 0 saturated carbocycles. The van der Waals surface area contributed by atoms with Crippen molar-refractivity contribution in [2.45, 2.75) is 18.2 Å². The lowest BCUT2D eigenvalue weighted by Gasteiger charge is -2.16. The van der Waals surface area contributed by atoms with E-state index in [9.17, 15) is 4.79 Å². The summed E-state index contributed by atoms with van der Waals surface area (Å²) in [4.78, 5) is 18.5. The lowest BCUT2D eigenvalue weighted by Crippen LogP contribution is -2.25. The summed E-state index contributed by atoms with van der Waals surface area (Å²) in [5.41, 5.74) is 2.08. The minimum Gasteiger partial charge on any atom is -0.312 e. The number of anilines is 2. The van der Waals surface area contributed by atoms with Crippen LogP contribution in [0.4, 0.5) is 11.5 Å². The highest BCUT2D eigenvalue weighted by Crippen LogP contribution is 2.37. The third-order valence-corrected chi connectivity index (χ3v) is 4.63. The van der Waals surface area contributed by atoms with Gasteiger partial charge >= 0.3 is 0 Å². The Balaban J connectivity index is 1.83. The molecule has 0 aliphatic carbocycles. The second-order valence-electron chi connectivity index (χ2n) is 4.75. The second-order valence-corrected chi connectivity index (χ2v) is 6.01. The largest absolute Gasteiger partial charge is 0.312 e. The molecule has 0 fully saturated rings. The number of fused-ring (bicyclic) bond motifs is 1. The van der Waals surface area contributed by atoms with Crippen molar-refractivity contribution in [3.8, 4) is 0 Å². The number of halogens is 1. The predicted molar refractivity (Wildman–Crippen MR) is 86.9 cm³/mol. The number of carbonyl (C=O) groups excluding carboxylic acids is 1. The van der Waals surface area contributed by atoms with Crippen LogP contribution < -0.4 is 9.62 Å². The number of rotatable bonds is 3. The Morgan fingerprint density at radius 2 is 2.29 bits per heavy atom. The zero-order valence-electron chi connectivity index (χ0n) is 11.5. The van der Waals surface area contributed by atoms with Crippen LogP contribution in [0.2, 0.25) is 5.02 Å². The Morgan fingerprint density at radius 1 is 1.43 bits per heavy atom. The summed E-state index contributed by atoms with van der Waals surface area (Å²) >= 11 is 7.71. The number of carbonyl (C=O) groups is 1. The molecule has 0 spiro atoms. The van der Waals surface area contributed by atoms with Crippen LogP contribution in [-0.4, -0.2) is 17.4 Å². The normalized spacial score (nSPS) is 13.1. The van der Waals surface area contributed by atoms with Crippen molar-refractivity contribution in [2.75, 3.05) is 16.2 Å². The van der Waals surface area contributed by atoms with Crippen molar-refractivity contribution in [3.63, 3.8) is 0 Å². The zero-order valence-corrected chi connectivity index (χ0v) is 13.0. The number of nitrogens with zero attached hydrogens (tertiary/aromatic N) is 2. The number of hydrogen-bond donors (Lipinski definition) is 1. The number of pyridine rings is 1. The predicted octanol–water partition coefficient (Wildman–Crippen LogP) is 3.76. The average Bonchev–Trinajstić information content (AvgIpc) is 2.88. The summed E-state index contributed by atoms with van der Waals surface area (Å²) in [6.45, 7) is 2.31. The molecule has 1 aromatic carbocycles. The fraction of sp³-hybridized carbons (Fsp3) is 0.200. The van der Waals surface area contributed by atoms with Crippen molar-refractivity contribution >= 4 is 41.0 Å². The van der Waals surface area contributed by atoms with Crippen LogP contribution in [0, 0.1) is 0 Å². The quantitative estimate of drug-likeness (QED) is 0.875. The summed E-state index contributed by atoms with van der Waals surface area (Å²) in [6, 6.07) is 9.58. The minimum atomic E-state index is 0.0599. The molecule has 108 valence electrons. The van der Waals surface area contributed by atoms with Crippen molar-refractivity contribution in [2.24, 2.45) is 0 Å². The molecular formula is C15H14ClN3OS. The Hall–Kier alpha value is -1.72. The summed E-state index contributed by atoms with van der Waals surface area (Å²) in [5, 5.41) is 0.688. The first-order valence-electron chi connectivity index (χ1n) is 6.59. The van der Waals surface area contributed by atoms with Crippen molar-refractivity contribution in [1.82, 2.24) is 4.98 Å². The van der Waals surface area contributed by atoms with E-state index in [1.54, 1.807) is 18.0 Å². The van der Waals surface area contributed by atoms with Crippen LogP contribution in [-0.2, 0) is 11.2 Å². The molecule has 1 aliphatic rings. The van der Waals surface area contributed by atoms with Gasteiger partial charge < -0.3 is 9.62 Å². The third-order valence-electron chi connectivity index (χ3n) is 3.34. The van der Waals surface area contributed by atoms with Crippen LogP contribution in [0.25, 0.3) is 0 Å². The van der Waals surface area contributed by atoms with E-state index in [4.69, 9.17) is 11.6 Å². The van der Waals surface area contributed by atoms with Crippen LogP contribution >= 0.6 is 23.5 Å². The highest BCUT2D eigenvalue weighted by molar-refractivity contribution is 8.00. The van der Waals surface area contributed by atoms with Gasteiger partial charge in [-0.15, -0.1) is 0 Å². The first-order chi connectivity index (χ1) is 10.1. The van der Waals surface area contributed by atoms with Crippen LogP contribution in [0.1, 0.15) is 12.5 Å². The highest BCUT2D eigenvalue weighted by atomic mass is 35.5. The van der Waals surface area contributed by atoms with E-state index in [1.165, 1.54) is 11.9 Å². The van der Waals surface area contributed by atoms with Crippen LogP contribution in [0.15, 0.2) is 41.4 Å². The Morgan fingerprint density at radius 3 is 3.00 bits per heavy atom. The van der Waals surface area contributed by atoms with E-state index < -0.39 is 0 Å². The summed E-state index contributed by atoms with van der Waals surface area (Å²) < 4.78 is 3.15. The standard InChI is InChI=1S/C15H14ClN3OS/c1-10(20)19-7-5-11-8-12(16)14(9-13(11)19)21-18-15-4-2-3-6-17-15/h2-4,6,8-9H,5,7H2,1H3,(H,17,18). The molecule has 2 heterocycles. The van der Waals surface area contributed by atoms with E-state index >= 15 is 0 Å². The van der Waals surface area contributed by atoms with E-state index in [-0.39, 0.29) is 5.91 Å². The maximum absolute atomic E-state index is 11.6. The molecule has 0 atom stereocenters. The molecule has 3 rings (SSSR count). The molecule has 1 aromatic heterocycles. The fourth-order valence-corrected chi connectivity index (χ4v) is 3.29. The molecule has 1 N–H and O–H groups in total. The van der Waals surface area contributed by atoms with Crippen molar-refractivity contribution in [3.05, 3.63) is 47.1 Å². The second kappa shape index (κ2) is 5.95. The minimum absolute atomic E-state index is 0.0599. The number of hydrogen-bond acceptors (Lipinski definition) is 4. The van der Waals surface area contributed by atoms with Gasteiger partial charge in [-0.1, -0.05) is 17.7 Å². The lowest BCUT2D eigenvalue weighted by molar-refractivity contribution is -0.116. The Kier molecular flexibility index (Phi) is 4.03. The van der Waals surface area contributed by atoms with Gasteiger partial charge in [-0.25, -0.2) is 4.98 Å². The maximum atomic E-state index is 11.6. The summed E-state index contributed by atoms with van der Waals surface area (Å²) in [6.07, 6.45) is 2.58. The summed E-state index contributed by atoms with van der Waals surface area (Å²) in [7, 11) is 0. The first kappa shape index (κ1) is 14.2. The maximum Gasteiger partial charge on any atom is 0.223 e. The zero-order chi connectivity index (χ0) is 14.8. The van der Waals surface area contributed by atoms with Crippen molar-refractivity contribution < 1.29 is 4.79 Å². The smallest absolute Gasteiger partial charge is 0.223 e. The third kappa shape index (κ3) is 2.99. The molecule has 0 radical (unpaired) electrons. The van der Waals surface area contributed by atoms with E-state index in [0.29, 0.717) is 5.02 Å². The molecule has 0 saturated heterocycles. The topological polar surface area (TPSA) is 45.2 Å². The lowest BCUT2D eigenvalue weighted by atomic mass is 10.2. The summed E-state index contributed by atoms with van der Waals surface area (Å²) in [5.74, 6) is 0.826. The molecule has 21 heavy (non-hydrogen) atoms. The van der Waals surface area contributed by atoms with Gasteiger partial charge in [-0.05, 0) is 48.2 Å². The fourth-order valence-electron chi connectivity index (χ4n) is 2.32. The molecule has 2 aromatic rings. The van der Waals surface area contributed by atoms with Gasteiger partial charge in [0.15, 0.2) is 0 Å². The van der Waals surface area contributed by atoms with Gasteiger partial charge in [0.05, 0.1) is 5.02 Å². The Labute approximate surface area is 132 Å². The molecular weight excluding hydrogens is 306 g/mol. The van der Waals surface area contributed by atoms with Gasteiger partial charge in [0, 0.05) is 30.2 Å². The average molecular weight is 320 g/mol. The van der Waals surface area contributed by atoms with Gasteiger partial charge in [-0.2, -0.15) is 0 Å². The number of benzene rings is 1. The first-order valence-corrected chi connectivity index (χ1v) is 7.79. The molecule has 1 amide bonds. The number of amides is 1. The molecule has 0 bridgehead atoms. The van der Waals surface area contributed by atoms with Crippen LogP contribution in [0.3, 0.4) is 0 Å². The number of nitrogens with one attached hydrogen (secondary N) is 1. The van der Waals surface area contributed by atoms with Gasteiger partial charge in [-0.3, -0.25) is 4.79 Å². The number of aromatic nitrogens is 1. The van der Waals surface area contributed by atoms with Crippen molar-refractivity contribution in [1.29, 1.82) is 0 Å². The molecule has 1 aliphatic heterocycles. The van der Waals surface area contributed by atoms with E-state index in [0.717, 1.165) is 34.9 Å².